The van der Waals surface area contributed by atoms with E-state index in [0.717, 1.165) is 18.4 Å². The number of carbonyl (C=O) groups is 2. The fourth-order valence-electron chi connectivity index (χ4n) is 2.54. The van der Waals surface area contributed by atoms with Crippen LogP contribution in [-0.4, -0.2) is 22.2 Å². The highest BCUT2D eigenvalue weighted by atomic mass is 16.4. The van der Waals surface area contributed by atoms with Gasteiger partial charge in [-0.05, 0) is 31.2 Å². The maximum absolute atomic E-state index is 10.5. The number of carboxylic acids is 2. The minimum absolute atomic E-state index is 0.123. The highest BCUT2D eigenvalue weighted by molar-refractivity contribution is 5.75. The maximum Gasteiger partial charge on any atom is 0.310 e. The smallest absolute Gasteiger partial charge is 0.310 e. The summed E-state index contributed by atoms with van der Waals surface area (Å²) in [5.74, 6) is -1.49. The van der Waals surface area contributed by atoms with Gasteiger partial charge in [-0.25, -0.2) is 0 Å². The Labute approximate surface area is 125 Å². The van der Waals surface area contributed by atoms with Crippen molar-refractivity contribution in [2.75, 3.05) is 0 Å². The van der Waals surface area contributed by atoms with Gasteiger partial charge in [0.05, 0.1) is 11.8 Å². The minimum Gasteiger partial charge on any atom is -0.481 e. The lowest BCUT2D eigenvalue weighted by molar-refractivity contribution is -0.143. The zero-order chi connectivity index (χ0) is 15.8. The number of hydrogen-bond acceptors (Lipinski definition) is 2. The third-order valence-corrected chi connectivity index (χ3v) is 4.17. The number of hydrogen-bond donors (Lipinski definition) is 2. The summed E-state index contributed by atoms with van der Waals surface area (Å²) in [4.78, 5) is 21.0. The van der Waals surface area contributed by atoms with Crippen molar-refractivity contribution in [2.24, 2.45) is 11.8 Å². The summed E-state index contributed by atoms with van der Waals surface area (Å²) >= 11 is 0. The third kappa shape index (κ3) is 5.58. The van der Waals surface area contributed by atoms with Crippen molar-refractivity contribution in [3.05, 3.63) is 35.9 Å². The lowest BCUT2D eigenvalue weighted by Crippen LogP contribution is -2.17. The van der Waals surface area contributed by atoms with Crippen molar-refractivity contribution < 1.29 is 19.8 Å². The topological polar surface area (TPSA) is 74.6 Å². The van der Waals surface area contributed by atoms with Gasteiger partial charge in [0, 0.05) is 0 Å². The van der Waals surface area contributed by atoms with Gasteiger partial charge in [0.1, 0.15) is 0 Å². The summed E-state index contributed by atoms with van der Waals surface area (Å²) in [6.07, 6.45) is 4.69. The molecule has 0 spiro atoms. The van der Waals surface area contributed by atoms with E-state index in [1.165, 1.54) is 12.8 Å². The normalized spacial score (nSPS) is 17.4. The first-order valence-electron chi connectivity index (χ1n) is 7.44. The van der Waals surface area contributed by atoms with Gasteiger partial charge in [0.2, 0.25) is 0 Å². The molecular formula is C17H24O4. The third-order valence-electron chi connectivity index (χ3n) is 4.17. The minimum atomic E-state index is -0.781. The Morgan fingerprint density at radius 2 is 1.52 bits per heavy atom. The Bertz CT molecular complexity index is 449. The lowest BCUT2D eigenvalue weighted by atomic mass is 9.93. The molecule has 0 amide bonds. The van der Waals surface area contributed by atoms with E-state index in [2.05, 4.69) is 0 Å². The first kappa shape index (κ1) is 17.2. The summed E-state index contributed by atoms with van der Waals surface area (Å²) in [5, 5.41) is 17.3. The molecule has 2 unspecified atom stereocenters. The fraction of sp³-hybridized carbons (Fsp3) is 0.529. The van der Waals surface area contributed by atoms with Crippen LogP contribution < -0.4 is 0 Å². The molecule has 2 N–H and O–H groups in total. The van der Waals surface area contributed by atoms with E-state index in [-0.39, 0.29) is 5.92 Å². The standard InChI is InChI=1S/C9H10O2.C8H14O2/c1-7(9(10)11)8-5-3-2-4-6-8;1-6(8(9)10)7-4-2-3-5-7/h2-7H,1H3,(H,10,11);6-7H,2-5H2,1H3,(H,9,10). The van der Waals surface area contributed by atoms with Gasteiger partial charge in [0.15, 0.2) is 0 Å². The molecule has 21 heavy (non-hydrogen) atoms. The second kappa shape index (κ2) is 8.45. The molecule has 0 aromatic heterocycles. The molecule has 0 heterocycles. The van der Waals surface area contributed by atoms with E-state index in [1.54, 1.807) is 6.92 Å². The van der Waals surface area contributed by atoms with Crippen molar-refractivity contribution in [3.63, 3.8) is 0 Å². The second-order valence-electron chi connectivity index (χ2n) is 5.64. The maximum atomic E-state index is 10.5. The highest BCUT2D eigenvalue weighted by Crippen LogP contribution is 2.31. The van der Waals surface area contributed by atoms with Crippen molar-refractivity contribution in [1.29, 1.82) is 0 Å². The van der Waals surface area contributed by atoms with Gasteiger partial charge < -0.3 is 10.2 Å². The quantitative estimate of drug-likeness (QED) is 0.885. The van der Waals surface area contributed by atoms with Crippen LogP contribution in [0.5, 0.6) is 0 Å². The summed E-state index contributed by atoms with van der Waals surface area (Å²) in [5.41, 5.74) is 0.847. The summed E-state index contributed by atoms with van der Waals surface area (Å²) in [6.45, 7) is 3.50. The van der Waals surface area contributed by atoms with Crippen molar-refractivity contribution in [3.8, 4) is 0 Å². The van der Waals surface area contributed by atoms with E-state index in [9.17, 15) is 9.59 Å². The van der Waals surface area contributed by atoms with Crippen molar-refractivity contribution in [2.45, 2.75) is 45.4 Å². The van der Waals surface area contributed by atoms with E-state index in [4.69, 9.17) is 10.2 Å². The van der Waals surface area contributed by atoms with Gasteiger partial charge in [0.25, 0.3) is 0 Å². The molecule has 0 radical (unpaired) electrons. The predicted octanol–water partition coefficient (Wildman–Crippen LogP) is 3.77. The van der Waals surface area contributed by atoms with Gasteiger partial charge in [-0.1, -0.05) is 50.1 Å². The molecule has 0 aliphatic heterocycles. The largest absolute Gasteiger partial charge is 0.481 e. The Hall–Kier alpha value is -1.84. The number of carboxylic acid groups (broad SMARTS) is 2. The monoisotopic (exact) mass is 292 g/mol. The molecule has 1 aromatic carbocycles. The molecular weight excluding hydrogens is 268 g/mol. The molecule has 0 bridgehead atoms. The molecule has 1 aromatic rings. The predicted molar refractivity (Wildman–Crippen MR) is 81.3 cm³/mol. The van der Waals surface area contributed by atoms with Gasteiger partial charge in [-0.3, -0.25) is 9.59 Å². The van der Waals surface area contributed by atoms with Crippen LogP contribution in [0.2, 0.25) is 0 Å². The van der Waals surface area contributed by atoms with Crippen LogP contribution in [-0.2, 0) is 9.59 Å². The average molecular weight is 292 g/mol. The van der Waals surface area contributed by atoms with Crippen LogP contribution in [0.4, 0.5) is 0 Å². The van der Waals surface area contributed by atoms with E-state index < -0.39 is 17.9 Å². The molecule has 0 saturated heterocycles. The van der Waals surface area contributed by atoms with Crippen LogP contribution in [0, 0.1) is 11.8 Å². The zero-order valence-electron chi connectivity index (χ0n) is 12.7. The summed E-state index contributed by atoms with van der Waals surface area (Å²) in [6, 6.07) is 9.19. The van der Waals surface area contributed by atoms with Crippen LogP contribution >= 0.6 is 0 Å². The van der Waals surface area contributed by atoms with Gasteiger partial charge >= 0.3 is 11.9 Å². The van der Waals surface area contributed by atoms with Crippen molar-refractivity contribution in [1.82, 2.24) is 0 Å². The van der Waals surface area contributed by atoms with E-state index >= 15 is 0 Å². The number of rotatable bonds is 4. The van der Waals surface area contributed by atoms with Crippen LogP contribution in [0.15, 0.2) is 30.3 Å². The molecule has 1 fully saturated rings. The number of aliphatic carboxylic acids is 2. The Morgan fingerprint density at radius 3 is 1.95 bits per heavy atom. The highest BCUT2D eigenvalue weighted by Gasteiger charge is 2.25. The SMILES string of the molecule is CC(C(=O)O)C1CCCC1.CC(C(=O)O)c1ccccc1. The zero-order valence-corrected chi connectivity index (χ0v) is 12.7. The summed E-state index contributed by atoms with van der Waals surface area (Å²) in [7, 11) is 0. The fourth-order valence-corrected chi connectivity index (χ4v) is 2.54. The molecule has 116 valence electrons. The first-order chi connectivity index (χ1) is 9.93. The van der Waals surface area contributed by atoms with Crippen molar-refractivity contribution >= 4 is 11.9 Å². The van der Waals surface area contributed by atoms with Gasteiger partial charge in [-0.2, -0.15) is 0 Å². The van der Waals surface area contributed by atoms with Crippen LogP contribution in [0.25, 0.3) is 0 Å². The molecule has 2 rings (SSSR count). The summed E-state index contributed by atoms with van der Waals surface area (Å²) < 4.78 is 0. The Kier molecular flexibility index (Phi) is 6.92. The molecule has 2 atom stereocenters. The first-order valence-corrected chi connectivity index (χ1v) is 7.44. The molecule has 4 nitrogen and oxygen atoms in total. The molecule has 1 saturated carbocycles. The lowest BCUT2D eigenvalue weighted by Gasteiger charge is -2.12. The Balaban J connectivity index is 0.000000211. The van der Waals surface area contributed by atoms with Crippen LogP contribution in [0.1, 0.15) is 51.0 Å². The molecule has 1 aliphatic carbocycles. The van der Waals surface area contributed by atoms with Crippen LogP contribution in [0.3, 0.4) is 0 Å². The van der Waals surface area contributed by atoms with E-state index in [1.807, 2.05) is 37.3 Å². The average Bonchev–Trinajstić information content (AvgIpc) is 3.01. The molecule has 4 heteroatoms. The Morgan fingerprint density at radius 1 is 1.00 bits per heavy atom. The van der Waals surface area contributed by atoms with E-state index in [0.29, 0.717) is 5.92 Å². The van der Waals surface area contributed by atoms with Gasteiger partial charge in [-0.15, -0.1) is 0 Å². The molecule has 1 aliphatic rings. The number of benzene rings is 1. The second-order valence-corrected chi connectivity index (χ2v) is 5.64.